The van der Waals surface area contributed by atoms with Crippen LogP contribution in [-0.2, 0) is 20.9 Å². The molecule has 0 spiro atoms. The van der Waals surface area contributed by atoms with Gasteiger partial charge in [-0.15, -0.1) is 0 Å². The van der Waals surface area contributed by atoms with Crippen molar-refractivity contribution < 1.29 is 50.9 Å². The molecule has 0 aromatic carbocycles. The zero-order valence-electron chi connectivity index (χ0n) is 19.8. The molecular weight excluding hydrogens is 526 g/mol. The Morgan fingerprint density at radius 1 is 0.947 bits per heavy atom. The van der Waals surface area contributed by atoms with Gasteiger partial charge >= 0.3 is 24.3 Å². The molecule has 9 nitrogen and oxygen atoms in total. The SMILES string of the molecule is O=C(O)C(F)(F)F.O=C(O)C(F)(F)F.c1ccc(CN2C[C@@H]3CCCO[C@@H]3[C@H](Nc3ccccn3)C2)nc1. The highest BCUT2D eigenvalue weighted by Gasteiger charge is 2.40. The van der Waals surface area contributed by atoms with Gasteiger partial charge in [0, 0.05) is 38.6 Å². The summed E-state index contributed by atoms with van der Waals surface area (Å²) in [4.78, 5) is 29.2. The summed E-state index contributed by atoms with van der Waals surface area (Å²) in [5.41, 5.74) is 1.13. The molecule has 3 N–H and O–H groups in total. The van der Waals surface area contributed by atoms with Crippen molar-refractivity contribution in [2.45, 2.75) is 43.9 Å². The predicted octanol–water partition coefficient (Wildman–Crippen LogP) is 3.83. The molecule has 2 aliphatic heterocycles. The third kappa shape index (κ3) is 10.5. The van der Waals surface area contributed by atoms with E-state index in [-0.39, 0.29) is 12.1 Å². The number of hydrogen-bond donors (Lipinski definition) is 3. The summed E-state index contributed by atoms with van der Waals surface area (Å²) in [5.74, 6) is -4.01. The van der Waals surface area contributed by atoms with E-state index in [4.69, 9.17) is 24.5 Å². The first-order valence-corrected chi connectivity index (χ1v) is 11.3. The Labute approximate surface area is 213 Å². The average Bonchev–Trinajstić information content (AvgIpc) is 2.85. The second kappa shape index (κ2) is 13.9. The Hall–Kier alpha value is -3.46. The van der Waals surface area contributed by atoms with E-state index in [0.717, 1.165) is 44.2 Å². The molecule has 2 saturated heterocycles. The molecule has 0 unspecified atom stereocenters. The highest BCUT2D eigenvalue weighted by Crippen LogP contribution is 2.30. The minimum atomic E-state index is -5.08. The minimum absolute atomic E-state index is 0.266. The normalized spacial score (nSPS) is 21.5. The van der Waals surface area contributed by atoms with Crippen LogP contribution in [0.5, 0.6) is 0 Å². The molecule has 2 aromatic heterocycles. The second-order valence-electron chi connectivity index (χ2n) is 8.32. The van der Waals surface area contributed by atoms with Crippen molar-refractivity contribution in [3.05, 3.63) is 54.5 Å². The molecule has 4 heterocycles. The van der Waals surface area contributed by atoms with E-state index in [1.54, 1.807) is 0 Å². The number of halogens is 6. The van der Waals surface area contributed by atoms with Gasteiger partial charge in [-0.05, 0) is 43.0 Å². The fourth-order valence-electron chi connectivity index (χ4n) is 3.91. The number of carboxylic acid groups (broad SMARTS) is 2. The number of carboxylic acids is 2. The predicted molar refractivity (Wildman–Crippen MR) is 121 cm³/mol. The number of aliphatic carboxylic acids is 2. The van der Waals surface area contributed by atoms with Crippen molar-refractivity contribution in [1.82, 2.24) is 14.9 Å². The summed E-state index contributed by atoms with van der Waals surface area (Å²) in [6, 6.07) is 12.4. The van der Waals surface area contributed by atoms with Gasteiger partial charge in [0.15, 0.2) is 0 Å². The van der Waals surface area contributed by atoms with Crippen molar-refractivity contribution in [3.63, 3.8) is 0 Å². The first-order valence-electron chi connectivity index (χ1n) is 11.3. The second-order valence-corrected chi connectivity index (χ2v) is 8.32. The topological polar surface area (TPSA) is 125 Å². The molecule has 2 aliphatic rings. The lowest BCUT2D eigenvalue weighted by atomic mass is 9.85. The molecule has 2 fully saturated rings. The number of likely N-dealkylation sites (tertiary alicyclic amines) is 1. The quantitative estimate of drug-likeness (QED) is 0.486. The Morgan fingerprint density at radius 2 is 1.53 bits per heavy atom. The van der Waals surface area contributed by atoms with Crippen LogP contribution in [-0.4, -0.2) is 81.2 Å². The van der Waals surface area contributed by atoms with E-state index in [1.165, 1.54) is 6.42 Å². The van der Waals surface area contributed by atoms with Gasteiger partial charge in [0.1, 0.15) is 5.82 Å². The average molecular weight is 552 g/mol. The van der Waals surface area contributed by atoms with Crippen molar-refractivity contribution in [2.24, 2.45) is 5.92 Å². The number of rotatable bonds is 4. The fourth-order valence-corrected chi connectivity index (χ4v) is 3.91. The van der Waals surface area contributed by atoms with Crippen LogP contribution in [0.15, 0.2) is 48.8 Å². The number of pyridine rings is 2. The van der Waals surface area contributed by atoms with E-state index in [0.29, 0.717) is 5.92 Å². The van der Waals surface area contributed by atoms with Gasteiger partial charge in [0.2, 0.25) is 0 Å². The lowest BCUT2D eigenvalue weighted by Gasteiger charge is -2.46. The number of ether oxygens (including phenoxy) is 1. The van der Waals surface area contributed by atoms with Crippen LogP contribution in [0.25, 0.3) is 0 Å². The molecule has 0 saturated carbocycles. The molecule has 4 rings (SSSR count). The summed E-state index contributed by atoms with van der Waals surface area (Å²) in [5, 5.41) is 17.8. The minimum Gasteiger partial charge on any atom is -0.475 e. The summed E-state index contributed by atoms with van der Waals surface area (Å²) < 4.78 is 69.6. The molecule has 38 heavy (non-hydrogen) atoms. The Kier molecular flexibility index (Phi) is 11.3. The van der Waals surface area contributed by atoms with Crippen LogP contribution in [0.2, 0.25) is 0 Å². The molecule has 210 valence electrons. The number of nitrogens with one attached hydrogen (secondary N) is 1. The highest BCUT2D eigenvalue weighted by molar-refractivity contribution is 5.73. The van der Waals surface area contributed by atoms with Gasteiger partial charge in [0.25, 0.3) is 0 Å². The fraction of sp³-hybridized carbons (Fsp3) is 0.478. The van der Waals surface area contributed by atoms with Crippen molar-refractivity contribution in [1.29, 1.82) is 0 Å². The number of alkyl halides is 6. The maximum atomic E-state index is 10.6. The van der Waals surface area contributed by atoms with Crippen molar-refractivity contribution >= 4 is 17.8 Å². The number of carbonyl (C=O) groups is 2. The lowest BCUT2D eigenvalue weighted by Crippen LogP contribution is -2.57. The number of anilines is 1. The molecule has 2 aromatic rings. The van der Waals surface area contributed by atoms with Gasteiger partial charge in [-0.2, -0.15) is 26.3 Å². The van der Waals surface area contributed by atoms with Crippen LogP contribution in [0, 0.1) is 5.92 Å². The zero-order valence-corrected chi connectivity index (χ0v) is 19.8. The molecular formula is C23H26F6N4O5. The molecule has 0 amide bonds. The lowest BCUT2D eigenvalue weighted by molar-refractivity contribution is -0.193. The summed E-state index contributed by atoms with van der Waals surface area (Å²) >= 11 is 0. The Morgan fingerprint density at radius 3 is 2.03 bits per heavy atom. The number of piperidine rings is 1. The Bertz CT molecular complexity index is 987. The summed E-state index contributed by atoms with van der Waals surface area (Å²) in [6.07, 6.45) is -3.79. The monoisotopic (exact) mass is 552 g/mol. The van der Waals surface area contributed by atoms with Crippen LogP contribution in [0.4, 0.5) is 32.2 Å². The third-order valence-corrected chi connectivity index (χ3v) is 5.43. The molecule has 15 heteroatoms. The standard InChI is InChI=1S/C19H24N4O.2C2HF3O2/c1-3-9-20-16(7-1)13-23-12-15-6-5-11-24-19(15)17(14-23)22-18-8-2-4-10-21-18;2*3-2(4,5)1(6)7/h1-4,7-10,15,17,19H,5-6,11-14H2,(H,21,22);2*(H,6,7)/t15-,17+,19-;;/m0../s1. The van der Waals surface area contributed by atoms with E-state index in [9.17, 15) is 26.3 Å². The first kappa shape index (κ1) is 30.8. The maximum Gasteiger partial charge on any atom is 0.490 e. The van der Waals surface area contributed by atoms with E-state index < -0.39 is 24.3 Å². The van der Waals surface area contributed by atoms with Gasteiger partial charge < -0.3 is 20.3 Å². The number of hydrogen-bond acceptors (Lipinski definition) is 7. The van der Waals surface area contributed by atoms with E-state index in [1.807, 2.05) is 36.7 Å². The zero-order chi connectivity index (χ0) is 28.3. The molecule has 0 bridgehead atoms. The van der Waals surface area contributed by atoms with Gasteiger partial charge in [0.05, 0.1) is 17.8 Å². The third-order valence-electron chi connectivity index (χ3n) is 5.43. The maximum absolute atomic E-state index is 10.6. The van der Waals surface area contributed by atoms with Crippen LogP contribution < -0.4 is 5.32 Å². The van der Waals surface area contributed by atoms with Crippen LogP contribution in [0.1, 0.15) is 18.5 Å². The first-order chi connectivity index (χ1) is 17.8. The van der Waals surface area contributed by atoms with Crippen molar-refractivity contribution in [3.8, 4) is 0 Å². The van der Waals surface area contributed by atoms with E-state index in [2.05, 4.69) is 32.3 Å². The largest absolute Gasteiger partial charge is 0.490 e. The number of aromatic nitrogens is 2. The number of fused-ring (bicyclic) bond motifs is 1. The van der Waals surface area contributed by atoms with Crippen molar-refractivity contribution in [2.75, 3.05) is 25.0 Å². The van der Waals surface area contributed by atoms with Gasteiger partial charge in [-0.1, -0.05) is 12.1 Å². The summed E-state index contributed by atoms with van der Waals surface area (Å²) in [6.45, 7) is 3.81. The smallest absolute Gasteiger partial charge is 0.475 e. The molecule has 0 radical (unpaired) electrons. The van der Waals surface area contributed by atoms with E-state index >= 15 is 0 Å². The number of nitrogens with zero attached hydrogens (tertiary/aromatic N) is 3. The van der Waals surface area contributed by atoms with Gasteiger partial charge in [-0.3, -0.25) is 9.88 Å². The van der Waals surface area contributed by atoms with Crippen LogP contribution >= 0.6 is 0 Å². The van der Waals surface area contributed by atoms with Gasteiger partial charge in [-0.25, -0.2) is 14.6 Å². The Balaban J connectivity index is 0.000000301. The highest BCUT2D eigenvalue weighted by atomic mass is 19.4. The molecule has 0 aliphatic carbocycles. The molecule has 3 atom stereocenters. The van der Waals surface area contributed by atoms with Crippen LogP contribution in [0.3, 0.4) is 0 Å². The summed E-state index contributed by atoms with van der Waals surface area (Å²) in [7, 11) is 0.